The number of nitrogens with zero attached hydrogens (tertiary/aromatic N) is 1. The SMILES string of the molecule is C[C@@]12CCC[C@H]1[C@@H]1CC[C@H]3/C(=N/O)CCC[C@]3(C)[C@H]1CC2. The molecule has 1 N–H and O–H groups in total. The highest BCUT2D eigenvalue weighted by Crippen LogP contribution is 2.65. The molecule has 4 rings (SSSR count). The normalized spacial score (nSPS) is 54.9. The molecule has 2 heteroatoms. The van der Waals surface area contributed by atoms with Crippen LogP contribution in [0.5, 0.6) is 0 Å². The topological polar surface area (TPSA) is 32.6 Å². The zero-order valence-electron chi connectivity index (χ0n) is 13.8. The number of hydrogen-bond acceptors (Lipinski definition) is 2. The summed E-state index contributed by atoms with van der Waals surface area (Å²) in [7, 11) is 0. The Morgan fingerprint density at radius 1 is 0.952 bits per heavy atom. The first-order chi connectivity index (χ1) is 10.1. The molecule has 4 aliphatic rings. The maximum atomic E-state index is 9.42. The van der Waals surface area contributed by atoms with Crippen molar-refractivity contribution >= 4 is 5.71 Å². The summed E-state index contributed by atoms with van der Waals surface area (Å²) in [6.45, 7) is 5.12. The third kappa shape index (κ3) is 1.86. The van der Waals surface area contributed by atoms with Crippen LogP contribution in [0.25, 0.3) is 0 Å². The van der Waals surface area contributed by atoms with E-state index in [2.05, 4.69) is 19.0 Å². The van der Waals surface area contributed by atoms with E-state index in [0.29, 0.717) is 16.7 Å². The highest BCUT2D eigenvalue weighted by molar-refractivity contribution is 5.87. The van der Waals surface area contributed by atoms with Gasteiger partial charge in [0.1, 0.15) is 0 Å². The zero-order chi connectivity index (χ0) is 14.7. The van der Waals surface area contributed by atoms with Gasteiger partial charge in [0.2, 0.25) is 0 Å². The molecule has 0 aromatic carbocycles. The maximum Gasteiger partial charge on any atom is 0.0607 e. The summed E-state index contributed by atoms with van der Waals surface area (Å²) in [5.74, 6) is 3.42. The average molecular weight is 289 g/mol. The molecule has 0 aliphatic heterocycles. The van der Waals surface area contributed by atoms with Crippen LogP contribution in [0.2, 0.25) is 0 Å². The minimum Gasteiger partial charge on any atom is -0.411 e. The van der Waals surface area contributed by atoms with Crippen LogP contribution in [0.15, 0.2) is 5.16 Å². The molecule has 0 radical (unpaired) electrons. The molecule has 0 heterocycles. The molecule has 118 valence electrons. The van der Waals surface area contributed by atoms with Gasteiger partial charge in [-0.25, -0.2) is 0 Å². The van der Waals surface area contributed by atoms with Crippen LogP contribution in [-0.4, -0.2) is 10.9 Å². The second-order valence-electron chi connectivity index (χ2n) is 9.04. The van der Waals surface area contributed by atoms with Crippen LogP contribution >= 0.6 is 0 Å². The Kier molecular flexibility index (Phi) is 3.17. The van der Waals surface area contributed by atoms with Crippen molar-refractivity contribution in [3.63, 3.8) is 0 Å². The molecule has 0 unspecified atom stereocenters. The Morgan fingerprint density at radius 2 is 1.81 bits per heavy atom. The van der Waals surface area contributed by atoms with E-state index in [1.807, 2.05) is 0 Å². The molecule has 0 bridgehead atoms. The van der Waals surface area contributed by atoms with Gasteiger partial charge in [0.05, 0.1) is 5.71 Å². The summed E-state index contributed by atoms with van der Waals surface area (Å²) < 4.78 is 0. The molecule has 0 aromatic heterocycles. The Bertz CT molecular complexity index is 458. The van der Waals surface area contributed by atoms with E-state index in [1.54, 1.807) is 0 Å². The lowest BCUT2D eigenvalue weighted by Gasteiger charge is -2.59. The fraction of sp³-hybridized carbons (Fsp3) is 0.947. The predicted octanol–water partition coefficient (Wildman–Crippen LogP) is 5.25. The second-order valence-corrected chi connectivity index (χ2v) is 9.04. The van der Waals surface area contributed by atoms with Gasteiger partial charge in [-0.05, 0) is 86.4 Å². The van der Waals surface area contributed by atoms with Crippen molar-refractivity contribution in [3.8, 4) is 0 Å². The Labute approximate surface area is 129 Å². The van der Waals surface area contributed by atoms with Crippen molar-refractivity contribution in [2.45, 2.75) is 78.1 Å². The van der Waals surface area contributed by atoms with Crippen LogP contribution in [-0.2, 0) is 0 Å². The number of fused-ring (bicyclic) bond motifs is 5. The van der Waals surface area contributed by atoms with Crippen molar-refractivity contribution in [1.82, 2.24) is 0 Å². The molecular formula is C19H31NO. The van der Waals surface area contributed by atoms with Gasteiger partial charge < -0.3 is 5.21 Å². The second kappa shape index (κ2) is 4.73. The van der Waals surface area contributed by atoms with Crippen LogP contribution in [0.1, 0.15) is 78.1 Å². The fourth-order valence-corrected chi connectivity index (χ4v) is 7.30. The average Bonchev–Trinajstić information content (AvgIpc) is 2.87. The van der Waals surface area contributed by atoms with Gasteiger partial charge in [-0.1, -0.05) is 25.4 Å². The molecule has 21 heavy (non-hydrogen) atoms. The fourth-order valence-electron chi connectivity index (χ4n) is 7.30. The summed E-state index contributed by atoms with van der Waals surface area (Å²) in [5.41, 5.74) is 2.21. The van der Waals surface area contributed by atoms with Gasteiger partial charge in [-0.3, -0.25) is 0 Å². The van der Waals surface area contributed by atoms with E-state index < -0.39 is 0 Å². The molecule has 2 nitrogen and oxygen atoms in total. The summed E-state index contributed by atoms with van der Waals surface area (Å²) in [6.07, 6.45) is 13.6. The predicted molar refractivity (Wildman–Crippen MR) is 85.6 cm³/mol. The molecule has 0 saturated heterocycles. The molecule has 0 amide bonds. The first-order valence-electron chi connectivity index (χ1n) is 9.29. The van der Waals surface area contributed by atoms with Gasteiger partial charge in [0, 0.05) is 5.92 Å². The third-order valence-corrected chi connectivity index (χ3v) is 8.33. The number of rotatable bonds is 0. The smallest absolute Gasteiger partial charge is 0.0607 e. The maximum absolute atomic E-state index is 9.42. The van der Waals surface area contributed by atoms with Crippen molar-refractivity contribution in [2.75, 3.05) is 0 Å². The summed E-state index contributed by atoms with van der Waals surface area (Å²) in [6, 6.07) is 0. The lowest BCUT2D eigenvalue weighted by atomic mass is 9.45. The van der Waals surface area contributed by atoms with Crippen LogP contribution in [0, 0.1) is 34.5 Å². The van der Waals surface area contributed by atoms with Crippen LogP contribution in [0.3, 0.4) is 0 Å². The molecule has 0 spiro atoms. The zero-order valence-corrected chi connectivity index (χ0v) is 13.8. The Hall–Kier alpha value is -0.530. The van der Waals surface area contributed by atoms with E-state index in [4.69, 9.17) is 0 Å². The molecule has 4 fully saturated rings. The molecule has 4 saturated carbocycles. The highest BCUT2D eigenvalue weighted by Gasteiger charge is 2.58. The van der Waals surface area contributed by atoms with E-state index >= 15 is 0 Å². The summed E-state index contributed by atoms with van der Waals surface area (Å²) in [4.78, 5) is 0. The van der Waals surface area contributed by atoms with Gasteiger partial charge in [0.25, 0.3) is 0 Å². The Balaban J connectivity index is 1.67. The molecule has 0 aromatic rings. The van der Waals surface area contributed by atoms with E-state index in [0.717, 1.165) is 29.9 Å². The van der Waals surface area contributed by atoms with Crippen molar-refractivity contribution < 1.29 is 5.21 Å². The molecular weight excluding hydrogens is 258 g/mol. The van der Waals surface area contributed by atoms with E-state index in [-0.39, 0.29) is 0 Å². The first-order valence-corrected chi connectivity index (χ1v) is 9.29. The first kappa shape index (κ1) is 14.1. The van der Waals surface area contributed by atoms with Crippen molar-refractivity contribution in [3.05, 3.63) is 0 Å². The van der Waals surface area contributed by atoms with Crippen molar-refractivity contribution in [1.29, 1.82) is 0 Å². The third-order valence-electron chi connectivity index (χ3n) is 8.33. The minimum atomic E-state index is 0.423. The van der Waals surface area contributed by atoms with Gasteiger partial charge >= 0.3 is 0 Å². The lowest BCUT2D eigenvalue weighted by Crippen LogP contribution is -2.54. The Morgan fingerprint density at radius 3 is 2.62 bits per heavy atom. The van der Waals surface area contributed by atoms with Crippen LogP contribution in [0.4, 0.5) is 0 Å². The quantitative estimate of drug-likeness (QED) is 0.479. The largest absolute Gasteiger partial charge is 0.411 e. The molecule has 6 atom stereocenters. The number of oxime groups is 1. The van der Waals surface area contributed by atoms with Crippen LogP contribution < -0.4 is 0 Å². The minimum absolute atomic E-state index is 0.423. The summed E-state index contributed by atoms with van der Waals surface area (Å²) in [5, 5.41) is 13.1. The monoisotopic (exact) mass is 289 g/mol. The molecule has 4 aliphatic carbocycles. The highest BCUT2D eigenvalue weighted by atomic mass is 16.4. The standard InChI is InChI=1S/C19H31NO/c1-18-10-3-5-14(18)13-7-8-16-17(20-21)6-4-11-19(16,2)15(13)9-12-18/h13-16,21H,3-12H2,1-2H3/b20-17+/t13-,14-,15-,16-,18-,19+/m0/s1. The van der Waals surface area contributed by atoms with Crippen molar-refractivity contribution in [2.24, 2.45) is 39.7 Å². The van der Waals surface area contributed by atoms with Gasteiger partial charge in [-0.15, -0.1) is 0 Å². The van der Waals surface area contributed by atoms with Gasteiger partial charge in [0.15, 0.2) is 0 Å². The lowest BCUT2D eigenvalue weighted by molar-refractivity contribution is -0.0795. The van der Waals surface area contributed by atoms with E-state index in [9.17, 15) is 5.21 Å². The van der Waals surface area contributed by atoms with E-state index in [1.165, 1.54) is 57.8 Å². The number of hydrogen-bond donors (Lipinski definition) is 1. The van der Waals surface area contributed by atoms with Gasteiger partial charge in [-0.2, -0.15) is 0 Å². The summed E-state index contributed by atoms with van der Waals surface area (Å²) >= 11 is 0.